The van der Waals surface area contributed by atoms with Gasteiger partial charge in [0.25, 0.3) is 0 Å². The molecule has 13 rings (SSSR count). The number of rotatable bonds is 2. The molecule has 2 heteroatoms. The molecule has 68 heavy (non-hydrogen) atoms. The fraction of sp³-hybridized carbons (Fsp3) is 0.242. The van der Waals surface area contributed by atoms with Gasteiger partial charge in [-0.15, -0.1) is 0 Å². The van der Waals surface area contributed by atoms with Crippen molar-refractivity contribution in [3.8, 4) is 22.3 Å². The second kappa shape index (κ2) is 13.4. The molecule has 0 radical (unpaired) electrons. The summed E-state index contributed by atoms with van der Waals surface area (Å²) in [6.07, 6.45) is 0. The van der Waals surface area contributed by atoms with Crippen molar-refractivity contribution in [3.63, 3.8) is 0 Å². The summed E-state index contributed by atoms with van der Waals surface area (Å²) in [7, 11) is 0. The van der Waals surface area contributed by atoms with E-state index in [2.05, 4.69) is 237 Å². The SMILES string of the molecule is CC(C)(C)c1ccc2c(c1)c1cc(C(C)(C)C)cc3c4c(-c5ccc6ccccc6c5)c5c(c(-c6ccc7ccccc7c6)c4n2c13)c1cc(C(C)(C)C)cc2c3cc(C(C)(C)C)ccc3n5c21. The van der Waals surface area contributed by atoms with Gasteiger partial charge in [0.15, 0.2) is 0 Å². The predicted molar refractivity (Wildman–Crippen MR) is 296 cm³/mol. The van der Waals surface area contributed by atoms with Crippen molar-refractivity contribution in [3.05, 3.63) is 168 Å². The fourth-order valence-electron chi connectivity index (χ4n) is 11.9. The van der Waals surface area contributed by atoms with Crippen LogP contribution in [0.1, 0.15) is 105 Å². The molecule has 2 nitrogen and oxygen atoms in total. The van der Waals surface area contributed by atoms with Crippen molar-refractivity contribution in [2.75, 3.05) is 0 Å². The Hall–Kier alpha value is -6.90. The van der Waals surface area contributed by atoms with Crippen molar-refractivity contribution < 1.29 is 0 Å². The summed E-state index contributed by atoms with van der Waals surface area (Å²) in [6.45, 7) is 28.3. The molecular formula is C66H60N2. The highest BCUT2D eigenvalue weighted by atomic mass is 14.9. The Morgan fingerprint density at radius 3 is 0.985 bits per heavy atom. The molecule has 0 amide bonds. The molecule has 0 saturated heterocycles. The summed E-state index contributed by atoms with van der Waals surface area (Å²) in [5, 5.41) is 15.6. The van der Waals surface area contributed by atoms with Crippen molar-refractivity contribution in [2.45, 2.75) is 105 Å². The Kier molecular flexibility index (Phi) is 8.15. The molecule has 0 spiro atoms. The van der Waals surface area contributed by atoms with E-state index in [1.165, 1.54) is 142 Å². The number of nitrogens with zero attached hydrogens (tertiary/aromatic N) is 2. The lowest BCUT2D eigenvalue weighted by atomic mass is 9.82. The second-order valence-electron chi connectivity index (χ2n) is 24.3. The molecule has 4 heterocycles. The number of fused-ring (bicyclic) bond motifs is 14. The van der Waals surface area contributed by atoms with E-state index in [0.29, 0.717) is 0 Å². The number of aromatic nitrogens is 2. The zero-order valence-corrected chi connectivity index (χ0v) is 41.8. The summed E-state index contributed by atoms with van der Waals surface area (Å²) in [4.78, 5) is 0. The van der Waals surface area contributed by atoms with Crippen LogP contribution < -0.4 is 0 Å². The molecule has 0 aliphatic rings. The minimum Gasteiger partial charge on any atom is -0.307 e. The van der Waals surface area contributed by atoms with E-state index in [0.717, 1.165) is 0 Å². The Morgan fingerprint density at radius 2 is 0.618 bits per heavy atom. The van der Waals surface area contributed by atoms with Gasteiger partial charge in [0.1, 0.15) is 0 Å². The van der Waals surface area contributed by atoms with Crippen LogP contribution in [0.15, 0.2) is 146 Å². The Bertz CT molecular complexity index is 3990. The lowest BCUT2D eigenvalue weighted by Crippen LogP contribution is -2.11. The first kappa shape index (κ1) is 41.3. The maximum absolute atomic E-state index is 2.69. The first-order valence-corrected chi connectivity index (χ1v) is 24.8. The van der Waals surface area contributed by atoms with Crippen molar-refractivity contribution in [2.24, 2.45) is 0 Å². The Balaban J connectivity index is 1.39. The third-order valence-electron chi connectivity index (χ3n) is 15.7. The van der Waals surface area contributed by atoms with E-state index >= 15 is 0 Å². The van der Waals surface area contributed by atoms with Gasteiger partial charge in [0.05, 0.1) is 33.1 Å². The first-order chi connectivity index (χ1) is 32.3. The highest BCUT2D eigenvalue weighted by Gasteiger charge is 2.33. The van der Waals surface area contributed by atoms with Crippen LogP contribution in [0.4, 0.5) is 0 Å². The molecule has 0 saturated carbocycles. The average Bonchev–Trinajstić information content (AvgIpc) is 4.02. The molecule has 0 N–H and O–H groups in total. The highest BCUT2D eigenvalue weighted by Crippen LogP contribution is 2.56. The van der Waals surface area contributed by atoms with Crippen LogP contribution in [0, 0.1) is 0 Å². The second-order valence-corrected chi connectivity index (χ2v) is 24.3. The minimum absolute atomic E-state index is 0.00275. The van der Waals surface area contributed by atoms with Gasteiger partial charge in [-0.2, -0.15) is 0 Å². The lowest BCUT2D eigenvalue weighted by molar-refractivity contribution is 0.590. The molecule has 0 atom stereocenters. The normalized spacial score (nSPS) is 13.6. The van der Waals surface area contributed by atoms with E-state index in [-0.39, 0.29) is 21.7 Å². The number of benzene rings is 9. The molecule has 0 aliphatic heterocycles. The van der Waals surface area contributed by atoms with Crippen molar-refractivity contribution >= 4 is 97.7 Å². The number of hydrogen-bond acceptors (Lipinski definition) is 0. The monoisotopic (exact) mass is 880 g/mol. The highest BCUT2D eigenvalue weighted by molar-refractivity contribution is 6.38. The van der Waals surface area contributed by atoms with Crippen LogP contribution >= 0.6 is 0 Å². The largest absolute Gasteiger partial charge is 0.307 e. The van der Waals surface area contributed by atoms with Crippen molar-refractivity contribution in [1.29, 1.82) is 0 Å². The first-order valence-electron chi connectivity index (χ1n) is 24.8. The summed E-state index contributed by atoms with van der Waals surface area (Å²) in [5.74, 6) is 0. The van der Waals surface area contributed by atoms with E-state index < -0.39 is 0 Å². The van der Waals surface area contributed by atoms with Gasteiger partial charge >= 0.3 is 0 Å². The summed E-state index contributed by atoms with van der Waals surface area (Å²) in [5.41, 5.74) is 18.0. The molecule has 0 unspecified atom stereocenters. The number of hydrogen-bond donors (Lipinski definition) is 0. The van der Waals surface area contributed by atoms with E-state index in [1.807, 2.05) is 0 Å². The van der Waals surface area contributed by atoms with Crippen LogP contribution in [0.25, 0.3) is 120 Å². The van der Waals surface area contributed by atoms with Gasteiger partial charge < -0.3 is 8.80 Å². The maximum Gasteiger partial charge on any atom is 0.0634 e. The van der Waals surface area contributed by atoms with Gasteiger partial charge in [-0.3, -0.25) is 0 Å². The van der Waals surface area contributed by atoms with Gasteiger partial charge in [0, 0.05) is 54.2 Å². The average molecular weight is 881 g/mol. The molecule has 9 aromatic carbocycles. The zero-order valence-electron chi connectivity index (χ0n) is 41.8. The van der Waals surface area contributed by atoms with Crippen LogP contribution in [0.2, 0.25) is 0 Å². The van der Waals surface area contributed by atoms with Crippen LogP contribution in [0.5, 0.6) is 0 Å². The standard InChI is InChI=1S/C66H60N2/c1-63(2,3)43-25-27-53-47(31-43)49-33-45(65(7,8)9)35-51-57-56(42-24-22-38-18-14-16-20-40(38)30-42)62-58(55(61(57)67(53)59(49)51)41-23-21-37-17-13-15-19-39(37)29-41)52-36-46(66(10,11)12)34-50-48-32-44(64(4,5)6)26-28-54(48)68(62)60(50)52/h13-36H,1-12H3. The molecule has 334 valence electrons. The van der Waals surface area contributed by atoms with E-state index in [4.69, 9.17) is 0 Å². The smallest absolute Gasteiger partial charge is 0.0634 e. The topological polar surface area (TPSA) is 8.82 Å². The fourth-order valence-corrected chi connectivity index (χ4v) is 11.9. The Morgan fingerprint density at radius 1 is 0.279 bits per heavy atom. The van der Waals surface area contributed by atoms with Gasteiger partial charge in [-0.1, -0.05) is 168 Å². The molecule has 4 aromatic heterocycles. The Labute approximate surface area is 399 Å². The molecular weight excluding hydrogens is 821 g/mol. The third kappa shape index (κ3) is 5.70. The lowest BCUT2D eigenvalue weighted by Gasteiger charge is -2.21. The molecule has 0 fully saturated rings. The predicted octanol–water partition coefficient (Wildman–Crippen LogP) is 18.8. The van der Waals surface area contributed by atoms with Gasteiger partial charge in [-0.05, 0) is 137 Å². The third-order valence-corrected chi connectivity index (χ3v) is 15.7. The van der Waals surface area contributed by atoms with E-state index in [9.17, 15) is 0 Å². The zero-order chi connectivity index (χ0) is 47.1. The van der Waals surface area contributed by atoms with Crippen LogP contribution in [-0.4, -0.2) is 8.80 Å². The minimum atomic E-state index is -0.0856. The van der Waals surface area contributed by atoms with Gasteiger partial charge in [0.2, 0.25) is 0 Å². The molecule has 0 bridgehead atoms. The van der Waals surface area contributed by atoms with Crippen LogP contribution in [-0.2, 0) is 21.7 Å². The molecule has 13 aromatic rings. The quantitative estimate of drug-likeness (QED) is 0.164. The summed E-state index contributed by atoms with van der Waals surface area (Å²) < 4.78 is 5.38. The van der Waals surface area contributed by atoms with Gasteiger partial charge in [-0.25, -0.2) is 0 Å². The molecule has 0 aliphatic carbocycles. The summed E-state index contributed by atoms with van der Waals surface area (Å²) >= 11 is 0. The van der Waals surface area contributed by atoms with E-state index in [1.54, 1.807) is 0 Å². The van der Waals surface area contributed by atoms with Crippen LogP contribution in [0.3, 0.4) is 0 Å². The summed E-state index contributed by atoms with van der Waals surface area (Å²) in [6, 6.07) is 57.0. The van der Waals surface area contributed by atoms with Crippen molar-refractivity contribution in [1.82, 2.24) is 8.80 Å². The maximum atomic E-state index is 2.69.